The van der Waals surface area contributed by atoms with E-state index >= 15 is 0 Å². The number of hydrogen-bond donors (Lipinski definition) is 1. The summed E-state index contributed by atoms with van der Waals surface area (Å²) in [4.78, 5) is 3.55. The van der Waals surface area contributed by atoms with E-state index in [1.165, 1.54) is 0 Å². The van der Waals surface area contributed by atoms with E-state index in [2.05, 4.69) is 56.5 Å². The maximum absolute atomic E-state index is 5.92. The molecule has 0 radical (unpaired) electrons. The summed E-state index contributed by atoms with van der Waals surface area (Å²) >= 11 is 0. The summed E-state index contributed by atoms with van der Waals surface area (Å²) in [6.07, 6.45) is 0. The molecule has 15 heavy (non-hydrogen) atoms. The molecule has 0 aromatic heterocycles. The molecule has 0 aromatic carbocycles. The molecule has 0 amide bonds. The average molecular weight is 249 g/mol. The Balaban J connectivity index is 4.67. The molecule has 0 bridgehead atoms. The highest BCUT2D eigenvalue weighted by Crippen LogP contribution is 2.15. The summed E-state index contributed by atoms with van der Waals surface area (Å²) in [5, 5.41) is 0. The zero-order valence-corrected chi connectivity index (χ0v) is 13.6. The maximum atomic E-state index is 5.92. The van der Waals surface area contributed by atoms with Gasteiger partial charge in [0.05, 0.1) is 0 Å². The molecule has 0 saturated heterocycles. The zero-order valence-electron chi connectivity index (χ0n) is 11.4. The normalized spacial score (nSPS) is 15.0. The fraction of sp³-hybridized carbons (Fsp3) is 1.00. The molecule has 0 saturated carbocycles. The Bertz CT molecular complexity index is 165. The van der Waals surface area contributed by atoms with Crippen LogP contribution in [0, 0.1) is 0 Å². The topological polar surface area (TPSA) is 24.5 Å². The van der Waals surface area contributed by atoms with Crippen molar-refractivity contribution >= 4 is 17.6 Å². The van der Waals surface area contributed by atoms with Crippen LogP contribution in [0.25, 0.3) is 0 Å². The van der Waals surface area contributed by atoms with Gasteiger partial charge in [0, 0.05) is 6.61 Å². The van der Waals surface area contributed by atoms with E-state index in [9.17, 15) is 0 Å². The largest absolute Gasteiger partial charge is 0.394 e. The molecule has 5 heteroatoms. The first-order chi connectivity index (χ1) is 6.84. The van der Waals surface area contributed by atoms with Gasteiger partial charge in [-0.3, -0.25) is 0 Å². The van der Waals surface area contributed by atoms with Gasteiger partial charge in [0.2, 0.25) is 0 Å². The Morgan fingerprint density at radius 2 is 1.80 bits per heavy atom. The molecule has 3 nitrogen and oxygen atoms in total. The second-order valence-corrected chi connectivity index (χ2v) is 12.4. The van der Waals surface area contributed by atoms with Crippen LogP contribution in [0.2, 0.25) is 19.6 Å². The van der Waals surface area contributed by atoms with Gasteiger partial charge in [-0.05, 0) is 19.5 Å². The Hall–Kier alpha value is 0.314. The molecular formula is C10H28N2OSi2. The first-order valence-electron chi connectivity index (χ1n) is 5.98. The van der Waals surface area contributed by atoms with E-state index in [-0.39, 0.29) is 0 Å². The van der Waals surface area contributed by atoms with Gasteiger partial charge in [-0.15, -0.1) is 0 Å². The van der Waals surface area contributed by atoms with E-state index in [4.69, 9.17) is 4.43 Å². The third-order valence-corrected chi connectivity index (χ3v) is 9.89. The van der Waals surface area contributed by atoms with Crippen molar-refractivity contribution in [1.82, 2.24) is 9.21 Å². The summed E-state index contributed by atoms with van der Waals surface area (Å²) in [7, 11) is -2.67. The highest BCUT2D eigenvalue weighted by Gasteiger charge is 2.34. The first-order valence-corrected chi connectivity index (χ1v) is 11.0. The third-order valence-electron chi connectivity index (χ3n) is 2.29. The number of nitrogens with one attached hydrogen (secondary N) is 1. The molecule has 1 atom stereocenters. The lowest BCUT2D eigenvalue weighted by atomic mass is 10.4. The molecule has 1 unspecified atom stereocenters. The third kappa shape index (κ3) is 5.26. The summed E-state index contributed by atoms with van der Waals surface area (Å²) in [5.41, 5.74) is 0. The smallest absolute Gasteiger partial charge is 0.331 e. The minimum Gasteiger partial charge on any atom is -0.394 e. The van der Waals surface area contributed by atoms with Gasteiger partial charge in [-0.25, -0.2) is 0 Å². The molecule has 0 heterocycles. The maximum Gasteiger partial charge on any atom is 0.331 e. The second kappa shape index (κ2) is 6.80. The number of nitrogens with zero attached hydrogens (tertiary/aromatic N) is 1. The Morgan fingerprint density at radius 1 is 1.27 bits per heavy atom. The van der Waals surface area contributed by atoms with Crippen LogP contribution in [0.1, 0.15) is 27.7 Å². The lowest BCUT2D eigenvalue weighted by Gasteiger charge is -2.42. The van der Waals surface area contributed by atoms with Crippen molar-refractivity contribution in [2.24, 2.45) is 0 Å². The first kappa shape index (κ1) is 15.3. The molecule has 0 rings (SSSR count). The van der Waals surface area contributed by atoms with Crippen LogP contribution in [-0.4, -0.2) is 41.0 Å². The van der Waals surface area contributed by atoms with Crippen molar-refractivity contribution in [1.29, 1.82) is 0 Å². The van der Waals surface area contributed by atoms with Gasteiger partial charge in [0.15, 0.2) is 0 Å². The van der Waals surface area contributed by atoms with Crippen LogP contribution >= 0.6 is 0 Å². The molecular weight excluding hydrogens is 220 g/mol. The highest BCUT2D eigenvalue weighted by molar-refractivity contribution is 6.81. The SMILES string of the molecule is CCN[SiH](OCC)N(C(C)C)[Si](C)(C)C. The van der Waals surface area contributed by atoms with Gasteiger partial charge in [-0.2, -0.15) is 0 Å². The lowest BCUT2D eigenvalue weighted by molar-refractivity contribution is 0.285. The van der Waals surface area contributed by atoms with Crippen molar-refractivity contribution in [2.75, 3.05) is 13.2 Å². The van der Waals surface area contributed by atoms with E-state index in [0.717, 1.165) is 13.2 Å². The van der Waals surface area contributed by atoms with Crippen molar-refractivity contribution in [3.8, 4) is 0 Å². The minimum absolute atomic E-state index is 0.582. The zero-order chi connectivity index (χ0) is 12.1. The van der Waals surface area contributed by atoms with Gasteiger partial charge < -0.3 is 13.6 Å². The van der Waals surface area contributed by atoms with Gasteiger partial charge in [-0.1, -0.05) is 40.4 Å². The fourth-order valence-corrected chi connectivity index (χ4v) is 8.51. The van der Waals surface area contributed by atoms with Crippen molar-refractivity contribution in [3.63, 3.8) is 0 Å². The van der Waals surface area contributed by atoms with Crippen LogP contribution in [0.3, 0.4) is 0 Å². The monoisotopic (exact) mass is 248 g/mol. The molecule has 0 aliphatic rings. The van der Waals surface area contributed by atoms with Gasteiger partial charge in [0.1, 0.15) is 8.24 Å². The van der Waals surface area contributed by atoms with Crippen LogP contribution < -0.4 is 4.98 Å². The van der Waals surface area contributed by atoms with Gasteiger partial charge >= 0.3 is 9.36 Å². The predicted molar refractivity (Wildman–Crippen MR) is 72.8 cm³/mol. The standard InChI is InChI=1S/C10H28N2OSi2/c1-8-11-14(13-9-2)12(10(3)4)15(5,6)7/h10-11,14H,8-9H2,1-7H3. The van der Waals surface area contributed by atoms with Gasteiger partial charge in [0.25, 0.3) is 0 Å². The van der Waals surface area contributed by atoms with E-state index < -0.39 is 17.6 Å². The van der Waals surface area contributed by atoms with Crippen molar-refractivity contribution in [3.05, 3.63) is 0 Å². The van der Waals surface area contributed by atoms with Crippen LogP contribution in [0.5, 0.6) is 0 Å². The second-order valence-electron chi connectivity index (χ2n) is 5.04. The molecule has 0 aliphatic carbocycles. The van der Waals surface area contributed by atoms with E-state index in [1.54, 1.807) is 0 Å². The predicted octanol–water partition coefficient (Wildman–Crippen LogP) is 1.89. The Labute approximate surface area is 98.2 Å². The van der Waals surface area contributed by atoms with Crippen molar-refractivity contribution in [2.45, 2.75) is 53.4 Å². The molecule has 1 N–H and O–H groups in total. The van der Waals surface area contributed by atoms with E-state index in [1.807, 2.05) is 0 Å². The quantitative estimate of drug-likeness (QED) is 0.697. The molecule has 0 spiro atoms. The molecule has 0 aromatic rings. The van der Waals surface area contributed by atoms with Crippen LogP contribution in [0.15, 0.2) is 0 Å². The Kier molecular flexibility index (Phi) is 6.94. The highest BCUT2D eigenvalue weighted by atomic mass is 28.4. The number of rotatable bonds is 7. The van der Waals surface area contributed by atoms with E-state index in [0.29, 0.717) is 6.04 Å². The molecule has 0 aliphatic heterocycles. The minimum atomic E-state index is -1.39. The molecule has 92 valence electrons. The molecule has 0 fully saturated rings. The summed E-state index contributed by atoms with van der Waals surface area (Å²) in [5.74, 6) is 0. The average Bonchev–Trinajstić information content (AvgIpc) is 2.01. The summed E-state index contributed by atoms with van der Waals surface area (Å²) < 4.78 is 8.56. The fourth-order valence-electron chi connectivity index (χ4n) is 1.97. The number of hydrogen-bond acceptors (Lipinski definition) is 3. The van der Waals surface area contributed by atoms with Crippen molar-refractivity contribution < 1.29 is 4.43 Å². The van der Waals surface area contributed by atoms with Crippen LogP contribution in [0.4, 0.5) is 0 Å². The summed E-state index contributed by atoms with van der Waals surface area (Å²) in [6, 6.07) is 0.582. The Morgan fingerprint density at radius 3 is 2.07 bits per heavy atom. The summed E-state index contributed by atoms with van der Waals surface area (Å²) in [6.45, 7) is 17.8. The van der Waals surface area contributed by atoms with Crippen LogP contribution in [-0.2, 0) is 4.43 Å². The lowest BCUT2D eigenvalue weighted by Crippen LogP contribution is -2.64.